The number of halogens is 3. The van der Waals surface area contributed by atoms with Crippen LogP contribution in [0.4, 0.5) is 13.2 Å². The van der Waals surface area contributed by atoms with Crippen LogP contribution in [0.15, 0.2) is 24.3 Å². The molecule has 1 heterocycles. The van der Waals surface area contributed by atoms with Crippen molar-refractivity contribution in [3.8, 4) is 0 Å². The van der Waals surface area contributed by atoms with Gasteiger partial charge in [-0.15, -0.1) is 0 Å². The molecule has 1 aliphatic rings. The normalized spacial score (nSPS) is 17.7. The largest absolute Gasteiger partial charge is 0.416 e. The summed E-state index contributed by atoms with van der Waals surface area (Å²) in [5.41, 5.74) is -0.0217. The van der Waals surface area contributed by atoms with Gasteiger partial charge in [0, 0.05) is 13.1 Å². The zero-order valence-corrected chi connectivity index (χ0v) is 10.4. The fourth-order valence-corrected chi connectivity index (χ4v) is 1.85. The molecule has 3 nitrogen and oxygen atoms in total. The van der Waals surface area contributed by atoms with Crippen LogP contribution < -0.4 is 10.6 Å². The minimum absolute atomic E-state index is 0.0306. The van der Waals surface area contributed by atoms with E-state index >= 15 is 0 Å². The maximum atomic E-state index is 12.4. The Labute approximate surface area is 109 Å². The number of carbonyl (C=O) groups is 1. The van der Waals surface area contributed by atoms with E-state index in [0.717, 1.165) is 12.1 Å². The van der Waals surface area contributed by atoms with Crippen molar-refractivity contribution in [1.29, 1.82) is 0 Å². The standard InChI is InChI=1S/C13H15F3N2O/c1-8(18-12(19)10-6-17-7-10)9-2-4-11(5-3-9)13(14,15)16/h2-5,8,10,17H,6-7H2,1H3,(H,18,19). The molecule has 0 aliphatic carbocycles. The van der Waals surface area contributed by atoms with E-state index < -0.39 is 11.7 Å². The molecule has 1 aliphatic heterocycles. The SMILES string of the molecule is CC(NC(=O)C1CNC1)c1ccc(C(F)(F)F)cc1. The fourth-order valence-electron chi connectivity index (χ4n) is 1.85. The van der Waals surface area contributed by atoms with Crippen molar-refractivity contribution in [1.82, 2.24) is 10.6 Å². The van der Waals surface area contributed by atoms with Crippen molar-refractivity contribution < 1.29 is 18.0 Å². The van der Waals surface area contributed by atoms with Crippen LogP contribution in [-0.4, -0.2) is 19.0 Å². The van der Waals surface area contributed by atoms with Crippen LogP contribution in [0.2, 0.25) is 0 Å². The summed E-state index contributed by atoms with van der Waals surface area (Å²) in [7, 11) is 0. The molecule has 1 saturated heterocycles. The summed E-state index contributed by atoms with van der Waals surface area (Å²) in [6, 6.07) is 4.56. The Morgan fingerprint density at radius 2 is 1.89 bits per heavy atom. The van der Waals surface area contributed by atoms with E-state index in [1.807, 2.05) is 0 Å². The summed E-state index contributed by atoms with van der Waals surface area (Å²) in [6.07, 6.45) is -4.33. The van der Waals surface area contributed by atoms with E-state index in [-0.39, 0.29) is 17.9 Å². The number of carbonyl (C=O) groups excluding carboxylic acids is 1. The summed E-state index contributed by atoms with van der Waals surface area (Å²) in [6.45, 7) is 3.07. The van der Waals surface area contributed by atoms with Crippen LogP contribution >= 0.6 is 0 Å². The van der Waals surface area contributed by atoms with Crippen LogP contribution in [0.25, 0.3) is 0 Å². The van der Waals surface area contributed by atoms with Gasteiger partial charge in [0.05, 0.1) is 17.5 Å². The van der Waals surface area contributed by atoms with Gasteiger partial charge in [-0.3, -0.25) is 4.79 Å². The average Bonchev–Trinajstić information content (AvgIpc) is 2.25. The molecule has 104 valence electrons. The minimum atomic E-state index is -4.33. The number of alkyl halides is 3. The molecule has 0 radical (unpaired) electrons. The average molecular weight is 272 g/mol. The second-order valence-electron chi connectivity index (χ2n) is 4.71. The Morgan fingerprint density at radius 1 is 1.32 bits per heavy atom. The Kier molecular flexibility index (Phi) is 3.80. The third kappa shape index (κ3) is 3.26. The second kappa shape index (κ2) is 5.21. The smallest absolute Gasteiger partial charge is 0.349 e. The molecular weight excluding hydrogens is 257 g/mol. The molecule has 19 heavy (non-hydrogen) atoms. The van der Waals surface area contributed by atoms with Crippen molar-refractivity contribution in [2.24, 2.45) is 5.92 Å². The highest BCUT2D eigenvalue weighted by Gasteiger charge is 2.30. The van der Waals surface area contributed by atoms with Crippen molar-refractivity contribution in [3.63, 3.8) is 0 Å². The first-order valence-corrected chi connectivity index (χ1v) is 6.06. The van der Waals surface area contributed by atoms with Crippen LogP contribution in [-0.2, 0) is 11.0 Å². The van der Waals surface area contributed by atoms with Gasteiger partial charge in [-0.25, -0.2) is 0 Å². The van der Waals surface area contributed by atoms with Crippen LogP contribution in [0.3, 0.4) is 0 Å². The third-order valence-corrected chi connectivity index (χ3v) is 3.25. The number of amides is 1. The lowest BCUT2D eigenvalue weighted by Crippen LogP contribution is -2.51. The van der Waals surface area contributed by atoms with Crippen molar-refractivity contribution >= 4 is 5.91 Å². The first kappa shape index (κ1) is 13.9. The lowest BCUT2D eigenvalue weighted by atomic mass is 10.0. The molecule has 1 aromatic carbocycles. The molecule has 2 N–H and O–H groups in total. The van der Waals surface area contributed by atoms with Crippen LogP contribution in [0, 0.1) is 5.92 Å². The summed E-state index contributed by atoms with van der Waals surface area (Å²) in [5, 5.41) is 5.79. The quantitative estimate of drug-likeness (QED) is 0.884. The third-order valence-electron chi connectivity index (χ3n) is 3.25. The van der Waals surface area contributed by atoms with Gasteiger partial charge in [-0.2, -0.15) is 13.2 Å². The number of benzene rings is 1. The van der Waals surface area contributed by atoms with E-state index in [0.29, 0.717) is 18.7 Å². The molecule has 0 saturated carbocycles. The first-order valence-electron chi connectivity index (χ1n) is 6.06. The first-order chi connectivity index (χ1) is 8.88. The molecule has 2 rings (SSSR count). The van der Waals surface area contributed by atoms with Gasteiger partial charge in [0.25, 0.3) is 0 Å². The highest BCUT2D eigenvalue weighted by atomic mass is 19.4. The van der Waals surface area contributed by atoms with Crippen molar-refractivity contribution in [3.05, 3.63) is 35.4 Å². The minimum Gasteiger partial charge on any atom is -0.349 e. The fraction of sp³-hybridized carbons (Fsp3) is 0.462. The molecule has 0 spiro atoms. The molecule has 1 atom stereocenters. The molecule has 1 amide bonds. The summed E-state index contributed by atoms with van der Waals surface area (Å²) >= 11 is 0. The van der Waals surface area contributed by atoms with Gasteiger partial charge in [0.15, 0.2) is 0 Å². The number of hydrogen-bond donors (Lipinski definition) is 2. The van der Waals surface area contributed by atoms with E-state index in [2.05, 4.69) is 10.6 Å². The van der Waals surface area contributed by atoms with Gasteiger partial charge in [-0.1, -0.05) is 12.1 Å². The predicted octanol–water partition coefficient (Wildman–Crippen LogP) is 2.10. The summed E-state index contributed by atoms with van der Waals surface area (Å²) in [5.74, 6) is -0.0944. The van der Waals surface area contributed by atoms with E-state index in [9.17, 15) is 18.0 Å². The Balaban J connectivity index is 1.99. The molecular formula is C13H15F3N2O. The predicted molar refractivity (Wildman–Crippen MR) is 64.4 cm³/mol. The monoisotopic (exact) mass is 272 g/mol. The van der Waals surface area contributed by atoms with Gasteiger partial charge < -0.3 is 10.6 Å². The van der Waals surface area contributed by atoms with Gasteiger partial charge in [0.2, 0.25) is 5.91 Å². The number of rotatable bonds is 3. The zero-order valence-electron chi connectivity index (χ0n) is 10.4. The summed E-state index contributed by atoms with van der Waals surface area (Å²) < 4.78 is 37.2. The van der Waals surface area contributed by atoms with Gasteiger partial charge in [-0.05, 0) is 24.6 Å². The van der Waals surface area contributed by atoms with Crippen LogP contribution in [0.5, 0.6) is 0 Å². The van der Waals surface area contributed by atoms with E-state index in [4.69, 9.17) is 0 Å². The number of hydrogen-bond acceptors (Lipinski definition) is 2. The molecule has 1 unspecified atom stereocenters. The molecule has 0 bridgehead atoms. The molecule has 1 aromatic rings. The second-order valence-corrected chi connectivity index (χ2v) is 4.71. The van der Waals surface area contributed by atoms with Gasteiger partial charge >= 0.3 is 6.18 Å². The van der Waals surface area contributed by atoms with Crippen LogP contribution in [0.1, 0.15) is 24.1 Å². The molecule has 6 heteroatoms. The summed E-state index contributed by atoms with van der Waals surface area (Å²) in [4.78, 5) is 11.7. The maximum absolute atomic E-state index is 12.4. The van der Waals surface area contributed by atoms with Gasteiger partial charge in [0.1, 0.15) is 0 Å². The maximum Gasteiger partial charge on any atom is 0.416 e. The van der Waals surface area contributed by atoms with Crippen molar-refractivity contribution in [2.45, 2.75) is 19.1 Å². The van der Waals surface area contributed by atoms with E-state index in [1.165, 1.54) is 12.1 Å². The number of nitrogens with one attached hydrogen (secondary N) is 2. The Bertz CT molecular complexity index is 452. The van der Waals surface area contributed by atoms with E-state index in [1.54, 1.807) is 6.92 Å². The van der Waals surface area contributed by atoms with Crippen molar-refractivity contribution in [2.75, 3.05) is 13.1 Å². The highest BCUT2D eigenvalue weighted by molar-refractivity contribution is 5.80. The molecule has 1 fully saturated rings. The highest BCUT2D eigenvalue weighted by Crippen LogP contribution is 2.29. The zero-order chi connectivity index (χ0) is 14.0. The lowest BCUT2D eigenvalue weighted by molar-refractivity contribution is -0.137. The lowest BCUT2D eigenvalue weighted by Gasteiger charge is -2.27. The molecule has 0 aromatic heterocycles. The Morgan fingerprint density at radius 3 is 2.32 bits per heavy atom. The Hall–Kier alpha value is -1.56. The topological polar surface area (TPSA) is 41.1 Å².